The highest BCUT2D eigenvalue weighted by Gasteiger charge is 2.03. The van der Waals surface area contributed by atoms with Crippen molar-refractivity contribution in [1.29, 1.82) is 0 Å². The van der Waals surface area contributed by atoms with Gasteiger partial charge in [-0.25, -0.2) is 9.37 Å². The van der Waals surface area contributed by atoms with Gasteiger partial charge in [-0.1, -0.05) is 12.1 Å². The molecule has 18 heavy (non-hydrogen) atoms. The molecule has 94 valence electrons. The summed E-state index contributed by atoms with van der Waals surface area (Å²) in [6.45, 7) is 1.40. The molecule has 0 radical (unpaired) electrons. The molecule has 2 aromatic rings. The average molecular weight is 246 g/mol. The van der Waals surface area contributed by atoms with E-state index in [1.165, 1.54) is 12.1 Å². The predicted octanol–water partition coefficient (Wildman–Crippen LogP) is 1.83. The van der Waals surface area contributed by atoms with Crippen LogP contribution >= 0.6 is 0 Å². The second-order valence-electron chi connectivity index (χ2n) is 4.23. The molecule has 0 bridgehead atoms. The fraction of sp³-hybridized carbons (Fsp3) is 0.231. The lowest BCUT2D eigenvalue weighted by atomic mass is 10.2. The first kappa shape index (κ1) is 12.4. The molecule has 0 spiro atoms. The number of nitrogen functional groups attached to an aromatic ring is 1. The van der Waals surface area contributed by atoms with Gasteiger partial charge in [0.1, 0.15) is 11.6 Å². The van der Waals surface area contributed by atoms with Gasteiger partial charge in [-0.3, -0.25) is 9.88 Å². The molecular formula is C13H15FN4. The maximum atomic E-state index is 12.8. The molecule has 1 aromatic heterocycles. The number of nitrogens with zero attached hydrogens (tertiary/aromatic N) is 3. The quantitative estimate of drug-likeness (QED) is 0.894. The summed E-state index contributed by atoms with van der Waals surface area (Å²) in [6, 6.07) is 6.49. The number of nitrogens with two attached hydrogens (primary N) is 1. The Bertz CT molecular complexity index is 448. The SMILES string of the molecule is CN(Cc1ccc(F)cc1)Cc1cnc(N)cn1. The molecule has 0 aliphatic carbocycles. The van der Waals surface area contributed by atoms with Crippen LogP contribution in [0.4, 0.5) is 10.2 Å². The third-order valence-electron chi connectivity index (χ3n) is 2.52. The van der Waals surface area contributed by atoms with Crippen LogP contribution in [0.25, 0.3) is 0 Å². The van der Waals surface area contributed by atoms with E-state index in [1.54, 1.807) is 24.5 Å². The normalized spacial score (nSPS) is 10.8. The first-order chi connectivity index (χ1) is 8.63. The highest BCUT2D eigenvalue weighted by molar-refractivity contribution is 5.22. The van der Waals surface area contributed by atoms with Crippen molar-refractivity contribution in [2.45, 2.75) is 13.1 Å². The Kier molecular flexibility index (Phi) is 3.84. The molecule has 1 heterocycles. The summed E-state index contributed by atoms with van der Waals surface area (Å²) in [5, 5.41) is 0. The summed E-state index contributed by atoms with van der Waals surface area (Å²) >= 11 is 0. The number of hydrogen-bond acceptors (Lipinski definition) is 4. The first-order valence-electron chi connectivity index (χ1n) is 5.63. The van der Waals surface area contributed by atoms with E-state index < -0.39 is 0 Å². The summed E-state index contributed by atoms with van der Waals surface area (Å²) in [6.07, 6.45) is 3.21. The molecule has 0 amide bonds. The predicted molar refractivity (Wildman–Crippen MR) is 68.0 cm³/mol. The Hall–Kier alpha value is -2.01. The lowest BCUT2D eigenvalue weighted by Crippen LogP contribution is -2.18. The lowest BCUT2D eigenvalue weighted by molar-refractivity contribution is 0.314. The molecule has 0 unspecified atom stereocenters. The zero-order valence-corrected chi connectivity index (χ0v) is 10.2. The van der Waals surface area contributed by atoms with Crippen LogP contribution in [0.1, 0.15) is 11.3 Å². The van der Waals surface area contributed by atoms with Crippen LogP contribution in [0.2, 0.25) is 0 Å². The van der Waals surface area contributed by atoms with Gasteiger partial charge in [0.25, 0.3) is 0 Å². The molecule has 0 atom stereocenters. The molecule has 2 N–H and O–H groups in total. The smallest absolute Gasteiger partial charge is 0.141 e. The fourth-order valence-electron chi connectivity index (χ4n) is 1.68. The van der Waals surface area contributed by atoms with Crippen LogP contribution in [0.5, 0.6) is 0 Å². The second-order valence-corrected chi connectivity index (χ2v) is 4.23. The second kappa shape index (κ2) is 5.55. The van der Waals surface area contributed by atoms with Crippen molar-refractivity contribution in [2.75, 3.05) is 12.8 Å². The summed E-state index contributed by atoms with van der Waals surface area (Å²) in [4.78, 5) is 10.3. The monoisotopic (exact) mass is 246 g/mol. The van der Waals surface area contributed by atoms with Gasteiger partial charge in [0, 0.05) is 13.1 Å². The Morgan fingerprint density at radius 1 is 1.11 bits per heavy atom. The lowest BCUT2D eigenvalue weighted by Gasteiger charge is -2.16. The Balaban J connectivity index is 1.94. The van der Waals surface area contributed by atoms with Crippen molar-refractivity contribution in [3.8, 4) is 0 Å². The molecule has 0 saturated heterocycles. The fourth-order valence-corrected chi connectivity index (χ4v) is 1.68. The minimum atomic E-state index is -0.217. The molecule has 0 fully saturated rings. The van der Waals surface area contributed by atoms with Gasteiger partial charge < -0.3 is 5.73 Å². The van der Waals surface area contributed by atoms with E-state index in [2.05, 4.69) is 14.9 Å². The number of halogens is 1. The van der Waals surface area contributed by atoms with Crippen LogP contribution in [-0.4, -0.2) is 21.9 Å². The zero-order chi connectivity index (χ0) is 13.0. The Labute approximate surface area is 105 Å². The van der Waals surface area contributed by atoms with Crippen LogP contribution in [0.15, 0.2) is 36.7 Å². The summed E-state index contributed by atoms with van der Waals surface area (Å²) in [5.74, 6) is 0.200. The van der Waals surface area contributed by atoms with Gasteiger partial charge in [-0.05, 0) is 24.7 Å². The minimum absolute atomic E-state index is 0.217. The average Bonchev–Trinajstić information content (AvgIpc) is 2.35. The number of benzene rings is 1. The van der Waals surface area contributed by atoms with Gasteiger partial charge in [0.05, 0.1) is 18.1 Å². The Morgan fingerprint density at radius 3 is 2.44 bits per heavy atom. The molecule has 4 nitrogen and oxygen atoms in total. The van der Waals surface area contributed by atoms with Gasteiger partial charge in [0.2, 0.25) is 0 Å². The largest absolute Gasteiger partial charge is 0.382 e. The van der Waals surface area contributed by atoms with Crippen LogP contribution in [0.3, 0.4) is 0 Å². The maximum absolute atomic E-state index is 12.8. The van der Waals surface area contributed by atoms with E-state index in [0.29, 0.717) is 12.4 Å². The van der Waals surface area contributed by atoms with Crippen molar-refractivity contribution < 1.29 is 4.39 Å². The molecule has 0 saturated carbocycles. The first-order valence-corrected chi connectivity index (χ1v) is 5.63. The van der Waals surface area contributed by atoms with E-state index in [9.17, 15) is 4.39 Å². The number of rotatable bonds is 4. The molecule has 0 aliphatic heterocycles. The highest BCUT2D eigenvalue weighted by atomic mass is 19.1. The van der Waals surface area contributed by atoms with Gasteiger partial charge in [-0.15, -0.1) is 0 Å². The molecule has 2 rings (SSSR count). The van der Waals surface area contributed by atoms with Crippen molar-refractivity contribution in [1.82, 2.24) is 14.9 Å². The minimum Gasteiger partial charge on any atom is -0.382 e. The van der Waals surface area contributed by atoms with Crippen molar-refractivity contribution in [3.63, 3.8) is 0 Å². The number of hydrogen-bond donors (Lipinski definition) is 1. The van der Waals surface area contributed by atoms with E-state index in [0.717, 1.165) is 17.8 Å². The van der Waals surface area contributed by atoms with Crippen molar-refractivity contribution in [2.24, 2.45) is 0 Å². The third kappa shape index (κ3) is 3.49. The molecular weight excluding hydrogens is 231 g/mol. The van der Waals surface area contributed by atoms with Crippen LogP contribution < -0.4 is 5.73 Å². The van der Waals surface area contributed by atoms with Crippen LogP contribution in [-0.2, 0) is 13.1 Å². The maximum Gasteiger partial charge on any atom is 0.141 e. The van der Waals surface area contributed by atoms with Crippen molar-refractivity contribution >= 4 is 5.82 Å². The van der Waals surface area contributed by atoms with E-state index in [-0.39, 0.29) is 5.82 Å². The summed E-state index contributed by atoms with van der Waals surface area (Å²) in [5.41, 5.74) is 7.39. The zero-order valence-electron chi connectivity index (χ0n) is 10.2. The molecule has 0 aliphatic rings. The summed E-state index contributed by atoms with van der Waals surface area (Å²) < 4.78 is 12.8. The number of anilines is 1. The Morgan fingerprint density at radius 2 is 1.83 bits per heavy atom. The molecule has 5 heteroatoms. The van der Waals surface area contributed by atoms with E-state index in [1.807, 2.05) is 7.05 Å². The standard InChI is InChI=1S/C13H15FN4/c1-18(8-10-2-4-11(14)5-3-10)9-12-6-17-13(15)7-16-12/h2-7H,8-9H2,1H3,(H2,15,17). The summed E-state index contributed by atoms with van der Waals surface area (Å²) in [7, 11) is 1.97. The third-order valence-corrected chi connectivity index (χ3v) is 2.52. The van der Waals surface area contributed by atoms with Gasteiger partial charge in [0.15, 0.2) is 0 Å². The van der Waals surface area contributed by atoms with Gasteiger partial charge >= 0.3 is 0 Å². The van der Waals surface area contributed by atoms with Gasteiger partial charge in [-0.2, -0.15) is 0 Å². The highest BCUT2D eigenvalue weighted by Crippen LogP contribution is 2.08. The topological polar surface area (TPSA) is 55.0 Å². The van der Waals surface area contributed by atoms with Crippen LogP contribution in [0, 0.1) is 5.82 Å². The van der Waals surface area contributed by atoms with E-state index in [4.69, 9.17) is 5.73 Å². The van der Waals surface area contributed by atoms with E-state index >= 15 is 0 Å². The molecule has 1 aromatic carbocycles. The van der Waals surface area contributed by atoms with Crippen molar-refractivity contribution in [3.05, 3.63) is 53.7 Å². The number of aromatic nitrogens is 2.